The van der Waals surface area contributed by atoms with Gasteiger partial charge in [-0.3, -0.25) is 4.79 Å². The maximum atomic E-state index is 13.3. The summed E-state index contributed by atoms with van der Waals surface area (Å²) >= 11 is 0. The molecule has 1 amide bonds. The van der Waals surface area contributed by atoms with Crippen LogP contribution in [0.2, 0.25) is 0 Å². The maximum absolute atomic E-state index is 13.3. The number of amides is 1. The Hall–Kier alpha value is -3.42. The second-order valence-corrected chi connectivity index (χ2v) is 9.07. The van der Waals surface area contributed by atoms with Crippen molar-refractivity contribution in [2.75, 3.05) is 38.2 Å². The molecule has 1 saturated carbocycles. The van der Waals surface area contributed by atoms with E-state index < -0.39 is 0 Å². The first-order chi connectivity index (χ1) is 16.7. The van der Waals surface area contributed by atoms with E-state index in [4.69, 9.17) is 14.8 Å². The van der Waals surface area contributed by atoms with Crippen LogP contribution in [0.3, 0.4) is 0 Å². The zero-order valence-electron chi connectivity index (χ0n) is 19.8. The highest BCUT2D eigenvalue weighted by atomic mass is 16.5. The highest BCUT2D eigenvalue weighted by Crippen LogP contribution is 2.33. The first-order valence-corrected chi connectivity index (χ1v) is 12.2. The monoisotopic (exact) mass is 460 g/mol. The highest BCUT2D eigenvalue weighted by Gasteiger charge is 2.27. The predicted molar refractivity (Wildman–Crippen MR) is 131 cm³/mol. The molecule has 2 fully saturated rings. The number of hydrogen-bond acceptors (Lipinski definition) is 6. The van der Waals surface area contributed by atoms with Crippen LogP contribution in [-0.2, 0) is 11.3 Å². The summed E-state index contributed by atoms with van der Waals surface area (Å²) in [4.78, 5) is 26.8. The molecule has 2 aromatic heterocycles. The summed E-state index contributed by atoms with van der Waals surface area (Å²) in [5.74, 6) is 3.79. The Morgan fingerprint density at radius 3 is 2.59 bits per heavy atom. The van der Waals surface area contributed by atoms with Crippen molar-refractivity contribution in [1.29, 1.82) is 0 Å². The van der Waals surface area contributed by atoms with Crippen molar-refractivity contribution >= 4 is 11.7 Å². The van der Waals surface area contributed by atoms with Crippen LogP contribution >= 0.6 is 0 Å². The third-order valence-electron chi connectivity index (χ3n) is 6.89. The number of nitrogens with zero attached hydrogens (tertiary/aromatic N) is 6. The summed E-state index contributed by atoms with van der Waals surface area (Å²) in [6, 6.07) is 13.7. The number of anilines is 1. The molecule has 5 rings (SSSR count). The SMILES string of the molecule is COc1cccc(-c2nc(C3CCCCC3)n(CC(=O)N3CCN(c4ccccn4)CC3)n2)c1. The minimum absolute atomic E-state index is 0.0971. The lowest BCUT2D eigenvalue weighted by Gasteiger charge is -2.35. The Bertz CT molecular complexity index is 1100. The van der Waals surface area contributed by atoms with Crippen molar-refractivity contribution in [2.45, 2.75) is 44.6 Å². The summed E-state index contributed by atoms with van der Waals surface area (Å²) in [5.41, 5.74) is 0.909. The van der Waals surface area contributed by atoms with Crippen LogP contribution in [0.1, 0.15) is 43.8 Å². The van der Waals surface area contributed by atoms with Crippen molar-refractivity contribution < 1.29 is 9.53 Å². The van der Waals surface area contributed by atoms with Crippen LogP contribution in [0, 0.1) is 0 Å². The van der Waals surface area contributed by atoms with Gasteiger partial charge in [0.15, 0.2) is 5.82 Å². The molecule has 0 atom stereocenters. The van der Waals surface area contributed by atoms with E-state index in [1.807, 2.05) is 58.2 Å². The molecule has 0 bridgehead atoms. The fourth-order valence-electron chi connectivity index (χ4n) is 4.97. The normalized spacial score (nSPS) is 17.1. The van der Waals surface area contributed by atoms with E-state index in [9.17, 15) is 4.79 Å². The highest BCUT2D eigenvalue weighted by molar-refractivity contribution is 5.76. The van der Waals surface area contributed by atoms with Crippen molar-refractivity contribution in [2.24, 2.45) is 0 Å². The quantitative estimate of drug-likeness (QED) is 0.558. The van der Waals surface area contributed by atoms with E-state index in [-0.39, 0.29) is 12.5 Å². The number of aromatic nitrogens is 4. The third kappa shape index (κ3) is 4.90. The van der Waals surface area contributed by atoms with Crippen molar-refractivity contribution in [3.05, 3.63) is 54.5 Å². The van der Waals surface area contributed by atoms with E-state index >= 15 is 0 Å². The van der Waals surface area contributed by atoms with E-state index in [0.29, 0.717) is 24.8 Å². The molecule has 178 valence electrons. The van der Waals surface area contributed by atoms with Crippen LogP contribution in [0.25, 0.3) is 11.4 Å². The van der Waals surface area contributed by atoms with Crippen molar-refractivity contribution in [1.82, 2.24) is 24.6 Å². The van der Waals surface area contributed by atoms with Crippen molar-refractivity contribution in [3.8, 4) is 17.1 Å². The van der Waals surface area contributed by atoms with E-state index in [1.165, 1.54) is 19.3 Å². The summed E-state index contributed by atoms with van der Waals surface area (Å²) in [6.45, 7) is 3.17. The van der Waals surface area contributed by atoms with Gasteiger partial charge >= 0.3 is 0 Å². The maximum Gasteiger partial charge on any atom is 0.244 e. The molecule has 1 aliphatic carbocycles. The molecule has 1 saturated heterocycles. The number of ether oxygens (including phenoxy) is 1. The molecule has 8 nitrogen and oxygen atoms in total. The Kier molecular flexibility index (Phi) is 6.74. The molecule has 0 N–H and O–H groups in total. The molecule has 3 heterocycles. The van der Waals surface area contributed by atoms with Gasteiger partial charge in [0.05, 0.1) is 7.11 Å². The van der Waals surface area contributed by atoms with Gasteiger partial charge in [-0.05, 0) is 37.1 Å². The first kappa shape index (κ1) is 22.4. The van der Waals surface area contributed by atoms with Crippen molar-refractivity contribution in [3.63, 3.8) is 0 Å². The Morgan fingerprint density at radius 2 is 1.85 bits per heavy atom. The van der Waals surface area contributed by atoms with Crippen LogP contribution in [0.5, 0.6) is 5.75 Å². The zero-order valence-corrected chi connectivity index (χ0v) is 19.8. The lowest BCUT2D eigenvalue weighted by atomic mass is 9.88. The largest absolute Gasteiger partial charge is 0.497 e. The zero-order chi connectivity index (χ0) is 23.3. The smallest absolute Gasteiger partial charge is 0.244 e. The number of carbonyl (C=O) groups excluding carboxylic acids is 1. The average molecular weight is 461 g/mol. The fraction of sp³-hybridized carbons (Fsp3) is 0.462. The Labute approximate surface area is 200 Å². The van der Waals surface area contributed by atoms with Gasteiger partial charge in [-0.15, -0.1) is 0 Å². The van der Waals surface area contributed by atoms with Crippen LogP contribution < -0.4 is 9.64 Å². The van der Waals surface area contributed by atoms with E-state index in [0.717, 1.165) is 48.9 Å². The van der Waals surface area contributed by atoms with E-state index in [2.05, 4.69) is 9.88 Å². The topological polar surface area (TPSA) is 76.4 Å². The van der Waals surface area contributed by atoms with Crippen LogP contribution in [0.15, 0.2) is 48.7 Å². The lowest BCUT2D eigenvalue weighted by Crippen LogP contribution is -2.50. The van der Waals surface area contributed by atoms with Crippen LogP contribution in [0.4, 0.5) is 5.82 Å². The predicted octanol–water partition coefficient (Wildman–Crippen LogP) is 3.75. The lowest BCUT2D eigenvalue weighted by molar-refractivity contribution is -0.132. The summed E-state index contributed by atoms with van der Waals surface area (Å²) in [5, 5.41) is 4.81. The fourth-order valence-corrected chi connectivity index (χ4v) is 4.97. The standard InChI is InChI=1S/C26H32N6O2/c1-34-22-11-7-10-21(18-22)25-28-26(20-8-3-2-4-9-20)32(29-25)19-24(33)31-16-14-30(15-17-31)23-12-5-6-13-27-23/h5-7,10-13,18,20H,2-4,8-9,14-17,19H2,1H3. The molecule has 1 aromatic carbocycles. The number of piperazine rings is 1. The molecule has 0 radical (unpaired) electrons. The average Bonchev–Trinajstić information content (AvgIpc) is 3.33. The minimum atomic E-state index is 0.0971. The third-order valence-corrected chi connectivity index (χ3v) is 6.89. The number of rotatable bonds is 6. The summed E-state index contributed by atoms with van der Waals surface area (Å²) in [7, 11) is 1.66. The molecule has 3 aromatic rings. The molecular formula is C26H32N6O2. The van der Waals surface area contributed by atoms with Gasteiger partial charge in [0.25, 0.3) is 0 Å². The molecule has 0 unspecified atom stereocenters. The second kappa shape index (κ2) is 10.2. The molecular weight excluding hydrogens is 428 g/mol. The van der Waals surface area contributed by atoms with E-state index in [1.54, 1.807) is 7.11 Å². The van der Waals surface area contributed by atoms with Gasteiger partial charge in [-0.25, -0.2) is 14.6 Å². The Balaban J connectivity index is 1.32. The summed E-state index contributed by atoms with van der Waals surface area (Å²) < 4.78 is 7.24. The van der Waals surface area contributed by atoms with Gasteiger partial charge < -0.3 is 14.5 Å². The Morgan fingerprint density at radius 1 is 1.03 bits per heavy atom. The number of benzene rings is 1. The van der Waals surface area contributed by atoms with Gasteiger partial charge in [-0.1, -0.05) is 37.5 Å². The number of methoxy groups -OCH3 is 1. The number of carbonyl (C=O) groups is 1. The molecule has 0 spiro atoms. The molecule has 1 aliphatic heterocycles. The van der Waals surface area contributed by atoms with Gasteiger partial charge in [0.1, 0.15) is 23.9 Å². The molecule has 8 heteroatoms. The van der Waals surface area contributed by atoms with Gasteiger partial charge in [0.2, 0.25) is 5.91 Å². The van der Waals surface area contributed by atoms with Gasteiger partial charge in [0, 0.05) is 43.9 Å². The number of hydrogen-bond donors (Lipinski definition) is 0. The second-order valence-electron chi connectivity index (χ2n) is 9.07. The molecule has 34 heavy (non-hydrogen) atoms. The van der Waals surface area contributed by atoms with Crippen LogP contribution in [-0.4, -0.2) is 63.8 Å². The molecule has 2 aliphatic rings. The summed E-state index contributed by atoms with van der Waals surface area (Å²) in [6.07, 6.45) is 7.70. The van der Waals surface area contributed by atoms with Gasteiger partial charge in [-0.2, -0.15) is 5.10 Å². The minimum Gasteiger partial charge on any atom is -0.497 e. The number of pyridine rings is 1. The first-order valence-electron chi connectivity index (χ1n) is 12.2.